The van der Waals surface area contributed by atoms with Crippen LogP contribution in [0, 0.1) is 0 Å². The zero-order chi connectivity index (χ0) is 8.53. The summed E-state index contributed by atoms with van der Waals surface area (Å²) in [6, 6.07) is 0. The van der Waals surface area contributed by atoms with Crippen LogP contribution in [-0.2, 0) is 0 Å². The highest BCUT2D eigenvalue weighted by molar-refractivity contribution is 4.56. The Morgan fingerprint density at radius 1 is 1.27 bits per heavy atom. The number of nitrogens with zero attached hydrogens (tertiary/aromatic N) is 1. The van der Waals surface area contributed by atoms with Gasteiger partial charge in [0.15, 0.2) is 0 Å². The molecule has 3 heteroatoms. The van der Waals surface area contributed by atoms with E-state index in [1.807, 2.05) is 0 Å². The molecule has 0 aromatic heterocycles. The molecule has 0 aromatic rings. The Bertz CT molecular complexity index is 72.5. The second kappa shape index (κ2) is 7.95. The molecule has 0 unspecified atom stereocenters. The highest BCUT2D eigenvalue weighted by Crippen LogP contribution is 1.93. The molecule has 0 saturated heterocycles. The molecule has 11 heavy (non-hydrogen) atoms. The van der Waals surface area contributed by atoms with E-state index in [-0.39, 0.29) is 6.67 Å². The minimum atomic E-state index is -0.245. The monoisotopic (exact) mass is 162 g/mol. The number of nitrogens with two attached hydrogens (primary N) is 1. The van der Waals surface area contributed by atoms with Crippen molar-refractivity contribution in [2.45, 2.75) is 19.8 Å². The van der Waals surface area contributed by atoms with Gasteiger partial charge in [-0.2, -0.15) is 0 Å². The Hall–Kier alpha value is -0.150. The summed E-state index contributed by atoms with van der Waals surface area (Å²) in [6.07, 6.45) is 2.06. The van der Waals surface area contributed by atoms with Crippen LogP contribution in [0.25, 0.3) is 0 Å². The molecule has 0 fully saturated rings. The van der Waals surface area contributed by atoms with Gasteiger partial charge in [-0.05, 0) is 32.5 Å². The highest BCUT2D eigenvalue weighted by atomic mass is 19.1. The summed E-state index contributed by atoms with van der Waals surface area (Å²) in [6.45, 7) is 5.05. The van der Waals surface area contributed by atoms with E-state index in [1.165, 1.54) is 0 Å². The number of halogens is 1. The molecule has 0 aliphatic heterocycles. The lowest BCUT2D eigenvalue weighted by Crippen LogP contribution is -2.29. The topological polar surface area (TPSA) is 29.3 Å². The third-order valence-electron chi connectivity index (χ3n) is 1.62. The van der Waals surface area contributed by atoms with Crippen molar-refractivity contribution in [2.24, 2.45) is 5.73 Å². The Morgan fingerprint density at radius 2 is 2.00 bits per heavy atom. The van der Waals surface area contributed by atoms with Crippen molar-refractivity contribution in [3.05, 3.63) is 0 Å². The van der Waals surface area contributed by atoms with Gasteiger partial charge in [0.25, 0.3) is 0 Å². The molecule has 0 bridgehead atoms. The van der Waals surface area contributed by atoms with Crippen molar-refractivity contribution in [3.63, 3.8) is 0 Å². The molecular formula is C8H19FN2. The summed E-state index contributed by atoms with van der Waals surface area (Å²) in [4.78, 5) is 2.12. The van der Waals surface area contributed by atoms with Crippen molar-refractivity contribution in [1.82, 2.24) is 4.90 Å². The summed E-state index contributed by atoms with van der Waals surface area (Å²) in [5, 5.41) is 0. The largest absolute Gasteiger partial charge is 0.330 e. The summed E-state index contributed by atoms with van der Waals surface area (Å²) in [5.41, 5.74) is 5.35. The highest BCUT2D eigenvalue weighted by Gasteiger charge is 2.00. The van der Waals surface area contributed by atoms with Gasteiger partial charge < -0.3 is 10.6 Å². The lowest BCUT2D eigenvalue weighted by atomic mass is 10.3. The molecule has 0 aromatic carbocycles. The third-order valence-corrected chi connectivity index (χ3v) is 1.62. The zero-order valence-corrected chi connectivity index (χ0v) is 7.35. The van der Waals surface area contributed by atoms with Gasteiger partial charge in [0, 0.05) is 6.54 Å². The van der Waals surface area contributed by atoms with Crippen LogP contribution in [0.1, 0.15) is 19.8 Å². The Labute approximate surface area is 68.6 Å². The number of hydrogen-bond donors (Lipinski definition) is 1. The quantitative estimate of drug-likeness (QED) is 0.605. The minimum Gasteiger partial charge on any atom is -0.330 e. The van der Waals surface area contributed by atoms with Gasteiger partial charge in [0.2, 0.25) is 0 Å². The molecule has 0 spiro atoms. The molecule has 68 valence electrons. The maximum atomic E-state index is 11.9. The van der Waals surface area contributed by atoms with E-state index in [0.717, 1.165) is 25.9 Å². The Balaban J connectivity index is 3.34. The SMILES string of the molecule is CCCN(CCF)CCCN. The van der Waals surface area contributed by atoms with E-state index in [9.17, 15) is 4.39 Å². The maximum Gasteiger partial charge on any atom is 0.102 e. The third kappa shape index (κ3) is 6.26. The van der Waals surface area contributed by atoms with E-state index in [0.29, 0.717) is 13.1 Å². The van der Waals surface area contributed by atoms with Crippen LogP contribution in [0.5, 0.6) is 0 Å². The fourth-order valence-electron chi connectivity index (χ4n) is 1.09. The number of rotatable bonds is 7. The van der Waals surface area contributed by atoms with Crippen LogP contribution in [-0.4, -0.2) is 37.8 Å². The first-order chi connectivity index (χ1) is 5.35. The van der Waals surface area contributed by atoms with Crippen LogP contribution in [0.2, 0.25) is 0 Å². The maximum absolute atomic E-state index is 11.9. The van der Waals surface area contributed by atoms with Gasteiger partial charge in [0.05, 0.1) is 0 Å². The smallest absolute Gasteiger partial charge is 0.102 e. The second-order valence-electron chi connectivity index (χ2n) is 2.67. The average Bonchev–Trinajstić information content (AvgIpc) is 2.01. The van der Waals surface area contributed by atoms with Crippen molar-refractivity contribution in [2.75, 3.05) is 32.9 Å². The minimum absolute atomic E-state index is 0.245. The van der Waals surface area contributed by atoms with E-state index in [4.69, 9.17) is 5.73 Å². The van der Waals surface area contributed by atoms with Crippen molar-refractivity contribution in [1.29, 1.82) is 0 Å². The zero-order valence-electron chi connectivity index (χ0n) is 7.35. The van der Waals surface area contributed by atoms with Gasteiger partial charge in [-0.15, -0.1) is 0 Å². The first kappa shape index (κ1) is 10.8. The summed E-state index contributed by atoms with van der Waals surface area (Å²) < 4.78 is 11.9. The average molecular weight is 162 g/mol. The summed E-state index contributed by atoms with van der Waals surface area (Å²) >= 11 is 0. The second-order valence-corrected chi connectivity index (χ2v) is 2.67. The molecule has 0 amide bonds. The van der Waals surface area contributed by atoms with E-state index in [1.54, 1.807) is 0 Å². The normalized spacial score (nSPS) is 10.9. The number of alkyl halides is 1. The van der Waals surface area contributed by atoms with Gasteiger partial charge in [-0.1, -0.05) is 6.92 Å². The van der Waals surface area contributed by atoms with Crippen LogP contribution >= 0.6 is 0 Å². The van der Waals surface area contributed by atoms with Gasteiger partial charge >= 0.3 is 0 Å². The van der Waals surface area contributed by atoms with Crippen LogP contribution in [0.3, 0.4) is 0 Å². The summed E-state index contributed by atoms with van der Waals surface area (Å²) in [7, 11) is 0. The molecule has 0 rings (SSSR count). The van der Waals surface area contributed by atoms with E-state index in [2.05, 4.69) is 11.8 Å². The van der Waals surface area contributed by atoms with Crippen molar-refractivity contribution >= 4 is 0 Å². The molecule has 0 heterocycles. The van der Waals surface area contributed by atoms with E-state index >= 15 is 0 Å². The molecule has 2 nitrogen and oxygen atoms in total. The molecular weight excluding hydrogens is 143 g/mol. The fraction of sp³-hybridized carbons (Fsp3) is 1.00. The standard InChI is InChI=1S/C8H19FN2/c1-2-6-11(8-4-9)7-3-5-10/h2-8,10H2,1H3. The molecule has 0 atom stereocenters. The molecule has 0 saturated carbocycles. The van der Waals surface area contributed by atoms with Gasteiger partial charge in [0.1, 0.15) is 6.67 Å². The lowest BCUT2D eigenvalue weighted by Gasteiger charge is -2.19. The van der Waals surface area contributed by atoms with Crippen molar-refractivity contribution < 1.29 is 4.39 Å². The first-order valence-electron chi connectivity index (χ1n) is 4.33. The van der Waals surface area contributed by atoms with Gasteiger partial charge in [-0.25, -0.2) is 4.39 Å². The first-order valence-corrected chi connectivity index (χ1v) is 4.33. The van der Waals surface area contributed by atoms with Crippen molar-refractivity contribution in [3.8, 4) is 0 Å². The van der Waals surface area contributed by atoms with Gasteiger partial charge in [-0.3, -0.25) is 0 Å². The van der Waals surface area contributed by atoms with E-state index < -0.39 is 0 Å². The predicted octanol–water partition coefficient (Wildman–Crippen LogP) is 1.02. The fourth-order valence-corrected chi connectivity index (χ4v) is 1.09. The Morgan fingerprint density at radius 3 is 2.45 bits per heavy atom. The molecule has 0 aliphatic carbocycles. The van der Waals surface area contributed by atoms with Crippen LogP contribution in [0.4, 0.5) is 4.39 Å². The van der Waals surface area contributed by atoms with Crippen LogP contribution < -0.4 is 5.73 Å². The molecule has 2 N–H and O–H groups in total. The number of hydrogen-bond acceptors (Lipinski definition) is 2. The Kier molecular flexibility index (Phi) is 7.84. The predicted molar refractivity (Wildman–Crippen MR) is 46.4 cm³/mol. The summed E-state index contributed by atoms with van der Waals surface area (Å²) in [5.74, 6) is 0. The molecule has 0 aliphatic rings. The lowest BCUT2D eigenvalue weighted by molar-refractivity contribution is 0.247. The molecule has 0 radical (unpaired) electrons. The van der Waals surface area contributed by atoms with Crippen LogP contribution in [0.15, 0.2) is 0 Å².